The summed E-state index contributed by atoms with van der Waals surface area (Å²) >= 11 is 0. The molecule has 2 aliphatic rings. The van der Waals surface area contributed by atoms with Crippen molar-refractivity contribution in [2.75, 3.05) is 19.6 Å². The molecule has 0 bridgehead atoms. The maximum Gasteiger partial charge on any atom is 0.0632 e. The highest BCUT2D eigenvalue weighted by molar-refractivity contribution is 4.85. The third-order valence-electron chi connectivity index (χ3n) is 4.95. The molecule has 1 saturated heterocycles. The average Bonchev–Trinajstić information content (AvgIpc) is 2.46. The summed E-state index contributed by atoms with van der Waals surface area (Å²) in [5, 5.41) is 10.1. The minimum Gasteiger partial charge on any atom is -0.390 e. The van der Waals surface area contributed by atoms with Crippen LogP contribution >= 0.6 is 0 Å². The predicted molar refractivity (Wildman–Crippen MR) is 75.4 cm³/mol. The summed E-state index contributed by atoms with van der Waals surface area (Å²) in [4.78, 5) is 2.53. The van der Waals surface area contributed by atoms with Gasteiger partial charge in [-0.15, -0.1) is 0 Å². The molecule has 0 aromatic rings. The summed E-state index contributed by atoms with van der Waals surface area (Å²) in [5.74, 6) is 1.50. The molecule has 2 rings (SSSR count). The van der Waals surface area contributed by atoms with Gasteiger partial charge in [0.15, 0.2) is 0 Å². The van der Waals surface area contributed by atoms with Crippen LogP contribution in [0.25, 0.3) is 0 Å². The molecule has 3 nitrogen and oxygen atoms in total. The number of hydrogen-bond acceptors (Lipinski definition) is 3. The second-order valence-electron chi connectivity index (χ2n) is 6.99. The van der Waals surface area contributed by atoms with Gasteiger partial charge < -0.3 is 15.7 Å². The zero-order chi connectivity index (χ0) is 13.2. The van der Waals surface area contributed by atoms with E-state index in [1.807, 2.05) is 6.92 Å². The van der Waals surface area contributed by atoms with Crippen LogP contribution < -0.4 is 5.73 Å². The van der Waals surface area contributed by atoms with Crippen LogP contribution in [0.5, 0.6) is 0 Å². The fourth-order valence-electron chi connectivity index (χ4n) is 3.57. The van der Waals surface area contributed by atoms with E-state index in [1.54, 1.807) is 0 Å². The van der Waals surface area contributed by atoms with Crippen molar-refractivity contribution in [1.29, 1.82) is 0 Å². The molecule has 1 heterocycles. The Kier molecular flexibility index (Phi) is 4.68. The van der Waals surface area contributed by atoms with Crippen LogP contribution in [0.3, 0.4) is 0 Å². The standard InChI is InChI=1S/C15H30N2O/c1-12-4-5-14(16)13(10-12)11-17-8-3-6-15(2,18)7-9-17/h12-14,18H,3-11,16H2,1-2H3. The topological polar surface area (TPSA) is 49.5 Å². The first-order chi connectivity index (χ1) is 8.46. The molecule has 1 saturated carbocycles. The van der Waals surface area contributed by atoms with Crippen molar-refractivity contribution in [3.63, 3.8) is 0 Å². The van der Waals surface area contributed by atoms with E-state index in [1.165, 1.54) is 19.3 Å². The monoisotopic (exact) mass is 254 g/mol. The second kappa shape index (κ2) is 5.89. The molecular weight excluding hydrogens is 224 g/mol. The molecule has 2 fully saturated rings. The lowest BCUT2D eigenvalue weighted by Gasteiger charge is -2.36. The van der Waals surface area contributed by atoms with E-state index in [-0.39, 0.29) is 0 Å². The van der Waals surface area contributed by atoms with Gasteiger partial charge in [0.1, 0.15) is 0 Å². The van der Waals surface area contributed by atoms with Gasteiger partial charge in [0.2, 0.25) is 0 Å². The molecule has 18 heavy (non-hydrogen) atoms. The van der Waals surface area contributed by atoms with Crippen LogP contribution in [0.1, 0.15) is 52.4 Å². The Balaban J connectivity index is 1.85. The van der Waals surface area contributed by atoms with Crippen LogP contribution in [0.2, 0.25) is 0 Å². The van der Waals surface area contributed by atoms with Gasteiger partial charge in [0, 0.05) is 19.1 Å². The Bertz CT molecular complexity index is 267. The predicted octanol–water partition coefficient (Wildman–Crippen LogP) is 1.99. The minimum atomic E-state index is -0.448. The molecule has 3 N–H and O–H groups in total. The fourth-order valence-corrected chi connectivity index (χ4v) is 3.57. The van der Waals surface area contributed by atoms with Crippen molar-refractivity contribution in [1.82, 2.24) is 4.90 Å². The van der Waals surface area contributed by atoms with E-state index >= 15 is 0 Å². The van der Waals surface area contributed by atoms with Crippen LogP contribution in [-0.2, 0) is 0 Å². The van der Waals surface area contributed by atoms with Crippen LogP contribution in [0.15, 0.2) is 0 Å². The van der Waals surface area contributed by atoms with Crippen molar-refractivity contribution < 1.29 is 5.11 Å². The molecule has 3 heteroatoms. The molecule has 0 spiro atoms. The number of likely N-dealkylation sites (tertiary alicyclic amines) is 1. The molecule has 0 aromatic heterocycles. The lowest BCUT2D eigenvalue weighted by atomic mass is 9.79. The van der Waals surface area contributed by atoms with Gasteiger partial charge in [-0.2, -0.15) is 0 Å². The maximum absolute atomic E-state index is 10.1. The number of rotatable bonds is 2. The van der Waals surface area contributed by atoms with Crippen molar-refractivity contribution in [2.24, 2.45) is 17.6 Å². The van der Waals surface area contributed by atoms with Gasteiger partial charge in [-0.3, -0.25) is 0 Å². The Hall–Kier alpha value is -0.120. The van der Waals surface area contributed by atoms with Gasteiger partial charge in [-0.1, -0.05) is 6.92 Å². The highest BCUT2D eigenvalue weighted by atomic mass is 16.3. The molecule has 0 radical (unpaired) electrons. The molecule has 4 atom stereocenters. The molecule has 1 aliphatic carbocycles. The van der Waals surface area contributed by atoms with E-state index in [0.717, 1.165) is 44.8 Å². The molecule has 4 unspecified atom stereocenters. The molecule has 0 amide bonds. The largest absolute Gasteiger partial charge is 0.390 e. The zero-order valence-electron chi connectivity index (χ0n) is 12.1. The van der Waals surface area contributed by atoms with E-state index < -0.39 is 5.60 Å². The number of hydrogen-bond donors (Lipinski definition) is 2. The van der Waals surface area contributed by atoms with Gasteiger partial charge in [0.05, 0.1) is 5.60 Å². The van der Waals surface area contributed by atoms with Crippen molar-refractivity contribution in [3.05, 3.63) is 0 Å². The first-order valence-corrected chi connectivity index (χ1v) is 7.66. The normalized spacial score (nSPS) is 43.7. The summed E-state index contributed by atoms with van der Waals surface area (Å²) in [6, 6.07) is 0.393. The Labute approximate surface area is 112 Å². The van der Waals surface area contributed by atoms with E-state index in [4.69, 9.17) is 5.73 Å². The minimum absolute atomic E-state index is 0.393. The summed E-state index contributed by atoms with van der Waals surface area (Å²) in [6.07, 6.45) is 6.74. The summed E-state index contributed by atoms with van der Waals surface area (Å²) < 4.78 is 0. The Morgan fingerprint density at radius 3 is 2.83 bits per heavy atom. The number of nitrogens with two attached hydrogens (primary N) is 1. The average molecular weight is 254 g/mol. The molecule has 1 aliphatic heterocycles. The third-order valence-corrected chi connectivity index (χ3v) is 4.95. The van der Waals surface area contributed by atoms with E-state index in [0.29, 0.717) is 12.0 Å². The number of nitrogens with zero attached hydrogens (tertiary/aromatic N) is 1. The van der Waals surface area contributed by atoms with Crippen molar-refractivity contribution >= 4 is 0 Å². The van der Waals surface area contributed by atoms with Crippen molar-refractivity contribution in [2.45, 2.75) is 64.0 Å². The SMILES string of the molecule is CC1CCC(N)C(CN2CCCC(C)(O)CC2)C1. The Morgan fingerprint density at radius 1 is 1.28 bits per heavy atom. The maximum atomic E-state index is 10.1. The molecular formula is C15H30N2O. The first kappa shape index (κ1) is 14.3. The summed E-state index contributed by atoms with van der Waals surface area (Å²) in [6.45, 7) is 7.64. The Morgan fingerprint density at radius 2 is 2.06 bits per heavy atom. The summed E-state index contributed by atoms with van der Waals surface area (Å²) in [5.41, 5.74) is 5.83. The van der Waals surface area contributed by atoms with E-state index in [2.05, 4.69) is 11.8 Å². The van der Waals surface area contributed by atoms with Crippen LogP contribution in [-0.4, -0.2) is 41.3 Å². The van der Waals surface area contributed by atoms with Crippen LogP contribution in [0, 0.1) is 11.8 Å². The zero-order valence-corrected chi connectivity index (χ0v) is 12.1. The quantitative estimate of drug-likeness (QED) is 0.792. The lowest BCUT2D eigenvalue weighted by molar-refractivity contribution is 0.0435. The fraction of sp³-hybridized carbons (Fsp3) is 1.00. The lowest BCUT2D eigenvalue weighted by Crippen LogP contribution is -2.43. The third kappa shape index (κ3) is 3.94. The first-order valence-electron chi connectivity index (χ1n) is 7.66. The van der Waals surface area contributed by atoms with Crippen LogP contribution in [0.4, 0.5) is 0 Å². The van der Waals surface area contributed by atoms with Gasteiger partial charge >= 0.3 is 0 Å². The smallest absolute Gasteiger partial charge is 0.0632 e. The highest BCUT2D eigenvalue weighted by Crippen LogP contribution is 2.30. The van der Waals surface area contributed by atoms with Gasteiger partial charge in [-0.05, 0) is 63.8 Å². The second-order valence-corrected chi connectivity index (χ2v) is 6.99. The molecule has 106 valence electrons. The van der Waals surface area contributed by atoms with Gasteiger partial charge in [-0.25, -0.2) is 0 Å². The summed E-state index contributed by atoms with van der Waals surface area (Å²) in [7, 11) is 0. The molecule has 0 aromatic carbocycles. The van der Waals surface area contributed by atoms with Crippen molar-refractivity contribution in [3.8, 4) is 0 Å². The highest BCUT2D eigenvalue weighted by Gasteiger charge is 2.30. The number of aliphatic hydroxyl groups is 1. The van der Waals surface area contributed by atoms with Gasteiger partial charge in [0.25, 0.3) is 0 Å². The van der Waals surface area contributed by atoms with E-state index in [9.17, 15) is 5.11 Å².